The summed E-state index contributed by atoms with van der Waals surface area (Å²) < 4.78 is 0. The van der Waals surface area contributed by atoms with Crippen LogP contribution in [0.25, 0.3) is 0 Å². The molecule has 30 heavy (non-hydrogen) atoms. The lowest BCUT2D eigenvalue weighted by molar-refractivity contribution is -0.127. The fourth-order valence-electron chi connectivity index (χ4n) is 3.49. The molecule has 0 aliphatic carbocycles. The number of nitrogens with one attached hydrogen (secondary N) is 2. The maximum atomic E-state index is 12.7. The molecule has 1 aromatic rings. The smallest absolute Gasteiger partial charge is 0.426 e. The predicted octanol–water partition coefficient (Wildman–Crippen LogP) is 1.01. The molecule has 1 unspecified atom stereocenters. The van der Waals surface area contributed by atoms with Crippen molar-refractivity contribution >= 4 is 19.1 Å². The minimum absolute atomic E-state index is 0.0833. The fraction of sp³-hybridized carbons (Fsp3) is 0.476. The first-order chi connectivity index (χ1) is 14.3. The molecule has 1 aliphatic rings. The topological polar surface area (TPSA) is 126 Å². The number of allylic oxidation sites excluding steroid dienone is 1. The minimum atomic E-state index is -1.71. The van der Waals surface area contributed by atoms with Crippen molar-refractivity contribution in [3.63, 3.8) is 0 Å². The number of nitrogens with zero attached hydrogens (tertiary/aromatic N) is 2. The van der Waals surface area contributed by atoms with Gasteiger partial charge in [0.15, 0.2) is 0 Å². The Morgan fingerprint density at radius 1 is 1.33 bits per heavy atom. The molecule has 160 valence electrons. The van der Waals surface area contributed by atoms with Crippen LogP contribution in [-0.2, 0) is 11.2 Å². The number of urea groups is 1. The lowest BCUT2D eigenvalue weighted by Crippen LogP contribution is -2.53. The van der Waals surface area contributed by atoms with E-state index >= 15 is 0 Å². The summed E-state index contributed by atoms with van der Waals surface area (Å²) in [5.74, 6) is -1.10. The lowest BCUT2D eigenvalue weighted by Gasteiger charge is -2.25. The van der Waals surface area contributed by atoms with Crippen LogP contribution in [0.4, 0.5) is 4.79 Å². The summed E-state index contributed by atoms with van der Waals surface area (Å²) in [4.78, 5) is 26.6. The van der Waals surface area contributed by atoms with Crippen molar-refractivity contribution in [1.29, 1.82) is 5.26 Å². The summed E-state index contributed by atoms with van der Waals surface area (Å²) >= 11 is 0. The van der Waals surface area contributed by atoms with E-state index in [-0.39, 0.29) is 36.4 Å². The van der Waals surface area contributed by atoms with Gasteiger partial charge in [-0.15, -0.1) is 0 Å². The van der Waals surface area contributed by atoms with Crippen LogP contribution in [0.5, 0.6) is 0 Å². The standard InChI is InChI=1S/C21H29BN4O4/c1-15(2)11-17(13-23)20(27)26-10-6-9-18(26)14-24-21(28)25-19(22(29)30)12-16-7-4-3-5-8-16/h3-5,7-8,11,15,18-19,29-30H,6,9-10,12,14H2,1-2H3,(H2,24,25,28)/t18-,19?/m0/s1. The van der Waals surface area contributed by atoms with Crippen LogP contribution in [0.15, 0.2) is 42.0 Å². The van der Waals surface area contributed by atoms with Gasteiger partial charge in [0.05, 0.1) is 5.94 Å². The van der Waals surface area contributed by atoms with E-state index in [1.807, 2.05) is 50.2 Å². The van der Waals surface area contributed by atoms with Crippen molar-refractivity contribution in [2.75, 3.05) is 13.1 Å². The Kier molecular flexibility index (Phi) is 8.90. The second-order valence-corrected chi connectivity index (χ2v) is 7.79. The zero-order valence-corrected chi connectivity index (χ0v) is 17.4. The Balaban J connectivity index is 1.92. The summed E-state index contributed by atoms with van der Waals surface area (Å²) in [7, 11) is -1.71. The Morgan fingerprint density at radius 3 is 2.63 bits per heavy atom. The van der Waals surface area contributed by atoms with Crippen LogP contribution in [0.2, 0.25) is 0 Å². The Morgan fingerprint density at radius 2 is 2.03 bits per heavy atom. The van der Waals surface area contributed by atoms with Crippen LogP contribution in [0.1, 0.15) is 32.3 Å². The first-order valence-corrected chi connectivity index (χ1v) is 10.2. The second-order valence-electron chi connectivity index (χ2n) is 7.79. The molecular weight excluding hydrogens is 383 g/mol. The summed E-state index contributed by atoms with van der Waals surface area (Å²) in [6, 6.07) is 10.4. The third-order valence-electron chi connectivity index (χ3n) is 4.96. The minimum Gasteiger partial charge on any atom is -0.426 e. The van der Waals surface area contributed by atoms with Gasteiger partial charge in [-0.2, -0.15) is 5.26 Å². The molecule has 3 amide bonds. The molecule has 1 aromatic carbocycles. The molecule has 0 aromatic heterocycles. The van der Waals surface area contributed by atoms with Gasteiger partial charge in [-0.1, -0.05) is 50.3 Å². The number of carbonyl (C=O) groups is 2. The lowest BCUT2D eigenvalue weighted by atomic mass is 9.76. The Labute approximate surface area is 177 Å². The van der Waals surface area contributed by atoms with Gasteiger partial charge in [0.25, 0.3) is 5.91 Å². The highest BCUT2D eigenvalue weighted by Gasteiger charge is 2.31. The average molecular weight is 412 g/mol. The van der Waals surface area contributed by atoms with Crippen LogP contribution in [0, 0.1) is 17.2 Å². The van der Waals surface area contributed by atoms with Gasteiger partial charge in [-0.3, -0.25) is 4.79 Å². The number of hydrogen-bond donors (Lipinski definition) is 4. The molecule has 2 rings (SSSR count). The molecular formula is C21H29BN4O4. The van der Waals surface area contributed by atoms with Crippen LogP contribution < -0.4 is 10.6 Å². The van der Waals surface area contributed by atoms with Crippen molar-refractivity contribution in [3.8, 4) is 6.07 Å². The largest absolute Gasteiger partial charge is 0.475 e. The van der Waals surface area contributed by atoms with Crippen molar-refractivity contribution in [2.45, 2.75) is 45.1 Å². The molecule has 1 fully saturated rings. The zero-order chi connectivity index (χ0) is 22.1. The molecule has 0 saturated carbocycles. The molecule has 1 heterocycles. The Bertz CT molecular complexity index is 792. The number of carbonyl (C=O) groups excluding carboxylic acids is 2. The molecule has 4 N–H and O–H groups in total. The molecule has 2 atom stereocenters. The third kappa shape index (κ3) is 6.90. The van der Waals surface area contributed by atoms with Gasteiger partial charge in [-0.05, 0) is 30.7 Å². The molecule has 1 saturated heterocycles. The second kappa shape index (κ2) is 11.4. The highest BCUT2D eigenvalue weighted by atomic mass is 16.4. The van der Waals surface area contributed by atoms with Gasteiger partial charge in [0.1, 0.15) is 11.6 Å². The monoisotopic (exact) mass is 412 g/mol. The summed E-state index contributed by atoms with van der Waals surface area (Å²) in [6.45, 7) is 4.56. The van der Waals surface area contributed by atoms with Crippen molar-refractivity contribution in [1.82, 2.24) is 15.5 Å². The highest BCUT2D eigenvalue weighted by molar-refractivity contribution is 6.43. The van der Waals surface area contributed by atoms with Crippen LogP contribution in [0.3, 0.4) is 0 Å². The Hall–Kier alpha value is -2.83. The van der Waals surface area contributed by atoms with E-state index in [1.54, 1.807) is 11.0 Å². The van der Waals surface area contributed by atoms with E-state index in [4.69, 9.17) is 0 Å². The molecule has 8 nitrogen and oxygen atoms in total. The van der Waals surface area contributed by atoms with Gasteiger partial charge < -0.3 is 25.6 Å². The van der Waals surface area contributed by atoms with Crippen molar-refractivity contribution < 1.29 is 19.6 Å². The summed E-state index contributed by atoms with van der Waals surface area (Å²) in [5.41, 5.74) is 0.983. The normalized spacial score (nSPS) is 17.4. The highest BCUT2D eigenvalue weighted by Crippen LogP contribution is 2.19. The van der Waals surface area contributed by atoms with Gasteiger partial charge in [0, 0.05) is 19.1 Å². The van der Waals surface area contributed by atoms with E-state index in [2.05, 4.69) is 10.6 Å². The first kappa shape index (κ1) is 23.5. The van der Waals surface area contributed by atoms with Crippen molar-refractivity contribution in [2.24, 2.45) is 5.92 Å². The number of hydrogen-bond acceptors (Lipinski definition) is 5. The van der Waals surface area contributed by atoms with E-state index in [0.29, 0.717) is 6.54 Å². The number of amides is 3. The van der Waals surface area contributed by atoms with E-state index < -0.39 is 19.1 Å². The summed E-state index contributed by atoms with van der Waals surface area (Å²) in [5, 5.41) is 33.8. The number of likely N-dealkylation sites (tertiary alicyclic amines) is 1. The maximum Gasteiger partial charge on any atom is 0.475 e. The quantitative estimate of drug-likeness (QED) is 0.288. The van der Waals surface area contributed by atoms with Crippen LogP contribution in [-0.4, -0.2) is 59.1 Å². The number of nitriles is 1. The zero-order valence-electron chi connectivity index (χ0n) is 17.4. The molecule has 1 aliphatic heterocycles. The molecule has 9 heteroatoms. The average Bonchev–Trinajstić information content (AvgIpc) is 3.18. The van der Waals surface area contributed by atoms with E-state index in [0.717, 1.165) is 18.4 Å². The third-order valence-corrected chi connectivity index (χ3v) is 4.96. The van der Waals surface area contributed by atoms with Crippen LogP contribution >= 0.6 is 0 Å². The molecule has 0 radical (unpaired) electrons. The predicted molar refractivity (Wildman–Crippen MR) is 114 cm³/mol. The fourth-order valence-corrected chi connectivity index (χ4v) is 3.49. The maximum absolute atomic E-state index is 12.7. The molecule has 0 spiro atoms. The van der Waals surface area contributed by atoms with E-state index in [9.17, 15) is 24.9 Å². The van der Waals surface area contributed by atoms with E-state index in [1.165, 1.54) is 0 Å². The van der Waals surface area contributed by atoms with Gasteiger partial charge in [0.2, 0.25) is 0 Å². The summed E-state index contributed by atoms with van der Waals surface area (Å²) in [6.07, 6.45) is 3.44. The van der Waals surface area contributed by atoms with Gasteiger partial charge >= 0.3 is 13.1 Å². The number of benzene rings is 1. The molecule has 0 bridgehead atoms. The first-order valence-electron chi connectivity index (χ1n) is 10.2. The van der Waals surface area contributed by atoms with Gasteiger partial charge in [-0.25, -0.2) is 4.79 Å². The van der Waals surface area contributed by atoms with Crippen molar-refractivity contribution in [3.05, 3.63) is 47.5 Å². The SMILES string of the molecule is CC(C)C=C(C#N)C(=O)N1CCC[C@H]1CNC(=O)NC(Cc1ccccc1)B(O)O. The number of rotatable bonds is 8.